The molecule has 2 heteroatoms. The van der Waals surface area contributed by atoms with E-state index < -0.39 is 0 Å². The first kappa shape index (κ1) is 10.0. The van der Waals surface area contributed by atoms with Gasteiger partial charge in [-0.3, -0.25) is 0 Å². The summed E-state index contributed by atoms with van der Waals surface area (Å²) in [5, 5.41) is 0. The van der Waals surface area contributed by atoms with Crippen LogP contribution in [-0.2, 0) is 9.47 Å². The third kappa shape index (κ3) is 3.11. The third-order valence-corrected chi connectivity index (χ3v) is 2.07. The molecule has 1 aliphatic heterocycles. The normalized spacial score (nSPS) is 30.0. The van der Waals surface area contributed by atoms with E-state index in [1.165, 1.54) is 0 Å². The second-order valence-corrected chi connectivity index (χ2v) is 3.94. The zero-order chi connectivity index (χ0) is 8.97. The molecule has 1 unspecified atom stereocenters. The van der Waals surface area contributed by atoms with E-state index in [0.717, 1.165) is 25.9 Å². The van der Waals surface area contributed by atoms with Crippen LogP contribution in [0, 0.1) is 5.92 Å². The lowest BCUT2D eigenvalue weighted by Crippen LogP contribution is -2.14. The minimum Gasteiger partial charge on any atom is -0.350 e. The Kier molecular flexibility index (Phi) is 4.02. The highest BCUT2D eigenvalue weighted by molar-refractivity contribution is 4.66. The average molecular weight is 172 g/mol. The highest BCUT2D eigenvalue weighted by atomic mass is 16.7. The van der Waals surface area contributed by atoms with Crippen LogP contribution in [-0.4, -0.2) is 19.0 Å². The van der Waals surface area contributed by atoms with E-state index in [4.69, 9.17) is 9.47 Å². The Morgan fingerprint density at radius 1 is 1.42 bits per heavy atom. The minimum absolute atomic E-state index is 0.0822. The summed E-state index contributed by atoms with van der Waals surface area (Å²) in [6, 6.07) is 0. The molecule has 0 radical (unpaired) electrons. The fraction of sp³-hybridized carbons (Fsp3) is 1.00. The first-order valence-electron chi connectivity index (χ1n) is 4.99. The van der Waals surface area contributed by atoms with Crippen molar-refractivity contribution in [1.82, 2.24) is 0 Å². The van der Waals surface area contributed by atoms with Crippen molar-refractivity contribution >= 4 is 0 Å². The Morgan fingerprint density at radius 2 is 2.17 bits per heavy atom. The maximum absolute atomic E-state index is 5.69. The van der Waals surface area contributed by atoms with Crippen LogP contribution in [0.5, 0.6) is 0 Å². The predicted octanol–water partition coefficient (Wildman–Crippen LogP) is 2.57. The maximum atomic E-state index is 5.69. The van der Waals surface area contributed by atoms with Crippen molar-refractivity contribution in [2.24, 2.45) is 5.92 Å². The van der Waals surface area contributed by atoms with Gasteiger partial charge in [0.2, 0.25) is 0 Å². The van der Waals surface area contributed by atoms with Crippen molar-refractivity contribution in [2.75, 3.05) is 6.61 Å². The zero-order valence-corrected chi connectivity index (χ0v) is 8.38. The number of hydrogen-bond acceptors (Lipinski definition) is 2. The van der Waals surface area contributed by atoms with E-state index in [0.29, 0.717) is 12.0 Å². The molecule has 1 fully saturated rings. The molecular weight excluding hydrogens is 152 g/mol. The van der Waals surface area contributed by atoms with Crippen molar-refractivity contribution in [2.45, 2.75) is 52.4 Å². The van der Waals surface area contributed by atoms with Gasteiger partial charge in [0.15, 0.2) is 6.29 Å². The highest BCUT2D eigenvalue weighted by Crippen LogP contribution is 2.20. The lowest BCUT2D eigenvalue weighted by molar-refractivity contribution is -0.0645. The molecule has 12 heavy (non-hydrogen) atoms. The van der Waals surface area contributed by atoms with Crippen LogP contribution in [0.25, 0.3) is 0 Å². The number of ether oxygens (including phenoxy) is 2. The summed E-state index contributed by atoms with van der Waals surface area (Å²) < 4.78 is 11.2. The van der Waals surface area contributed by atoms with Crippen LogP contribution in [0.4, 0.5) is 0 Å². The third-order valence-electron chi connectivity index (χ3n) is 2.07. The largest absolute Gasteiger partial charge is 0.350 e. The molecule has 0 aromatic carbocycles. The van der Waals surface area contributed by atoms with Gasteiger partial charge in [-0.1, -0.05) is 27.2 Å². The van der Waals surface area contributed by atoms with Gasteiger partial charge in [-0.15, -0.1) is 0 Å². The molecule has 72 valence electrons. The zero-order valence-electron chi connectivity index (χ0n) is 8.38. The molecule has 0 bridgehead atoms. The summed E-state index contributed by atoms with van der Waals surface area (Å²) in [7, 11) is 0. The van der Waals surface area contributed by atoms with Crippen LogP contribution in [0.1, 0.15) is 40.0 Å². The van der Waals surface area contributed by atoms with Crippen LogP contribution in [0.3, 0.4) is 0 Å². The number of hydrogen-bond donors (Lipinski definition) is 0. The fourth-order valence-corrected chi connectivity index (χ4v) is 1.54. The molecule has 0 N–H and O–H groups in total. The SMILES string of the molecule is CCCC1OC[C@@H](CC(C)C)O1. The molecule has 2 nitrogen and oxygen atoms in total. The van der Waals surface area contributed by atoms with Gasteiger partial charge in [-0.2, -0.15) is 0 Å². The van der Waals surface area contributed by atoms with Gasteiger partial charge in [0.25, 0.3) is 0 Å². The van der Waals surface area contributed by atoms with Crippen molar-refractivity contribution in [3.05, 3.63) is 0 Å². The van der Waals surface area contributed by atoms with Crippen LogP contribution >= 0.6 is 0 Å². The summed E-state index contributed by atoms with van der Waals surface area (Å²) in [5.41, 5.74) is 0. The van der Waals surface area contributed by atoms with Gasteiger partial charge in [0, 0.05) is 0 Å². The topological polar surface area (TPSA) is 18.5 Å². The van der Waals surface area contributed by atoms with Gasteiger partial charge in [-0.25, -0.2) is 0 Å². The summed E-state index contributed by atoms with van der Waals surface area (Å²) in [4.78, 5) is 0. The summed E-state index contributed by atoms with van der Waals surface area (Å²) >= 11 is 0. The first-order valence-corrected chi connectivity index (χ1v) is 4.99. The van der Waals surface area contributed by atoms with Crippen molar-refractivity contribution in [3.8, 4) is 0 Å². The molecule has 2 atom stereocenters. The van der Waals surface area contributed by atoms with Gasteiger partial charge in [-0.05, 0) is 18.8 Å². The Bertz CT molecular complexity index is 123. The van der Waals surface area contributed by atoms with Gasteiger partial charge in [0.1, 0.15) is 0 Å². The quantitative estimate of drug-likeness (QED) is 0.649. The molecular formula is C10H20O2. The minimum atomic E-state index is 0.0822. The van der Waals surface area contributed by atoms with Gasteiger partial charge in [0.05, 0.1) is 12.7 Å². The second-order valence-electron chi connectivity index (χ2n) is 3.94. The van der Waals surface area contributed by atoms with Crippen molar-refractivity contribution in [3.63, 3.8) is 0 Å². The van der Waals surface area contributed by atoms with E-state index in [9.17, 15) is 0 Å². The molecule has 0 aliphatic carbocycles. The first-order chi connectivity index (χ1) is 5.72. The Labute approximate surface area is 75.2 Å². The maximum Gasteiger partial charge on any atom is 0.158 e. The molecule has 1 saturated heterocycles. The standard InChI is InChI=1S/C10H20O2/c1-4-5-10-11-7-9(12-10)6-8(2)3/h8-10H,4-7H2,1-3H3/t9-,10?/m1/s1. The summed E-state index contributed by atoms with van der Waals surface area (Å²) in [6.45, 7) is 7.39. The lowest BCUT2D eigenvalue weighted by atomic mass is 10.1. The van der Waals surface area contributed by atoms with Crippen LogP contribution in [0.2, 0.25) is 0 Å². The van der Waals surface area contributed by atoms with Crippen molar-refractivity contribution in [1.29, 1.82) is 0 Å². The Balaban J connectivity index is 2.16. The Hall–Kier alpha value is -0.0800. The molecule has 1 aliphatic rings. The van der Waals surface area contributed by atoms with Crippen molar-refractivity contribution < 1.29 is 9.47 Å². The molecule has 0 aromatic heterocycles. The smallest absolute Gasteiger partial charge is 0.158 e. The van der Waals surface area contributed by atoms with Crippen LogP contribution < -0.4 is 0 Å². The lowest BCUT2D eigenvalue weighted by Gasteiger charge is -2.11. The predicted molar refractivity (Wildman–Crippen MR) is 49.0 cm³/mol. The summed E-state index contributed by atoms with van der Waals surface area (Å²) in [6.07, 6.45) is 3.73. The Morgan fingerprint density at radius 3 is 2.75 bits per heavy atom. The molecule has 0 amide bonds. The van der Waals surface area contributed by atoms with E-state index in [1.54, 1.807) is 0 Å². The average Bonchev–Trinajstić information content (AvgIpc) is 2.36. The molecule has 0 saturated carbocycles. The second kappa shape index (κ2) is 4.83. The van der Waals surface area contributed by atoms with E-state index in [-0.39, 0.29) is 6.29 Å². The summed E-state index contributed by atoms with van der Waals surface area (Å²) in [5.74, 6) is 0.707. The highest BCUT2D eigenvalue weighted by Gasteiger charge is 2.25. The molecule has 1 heterocycles. The van der Waals surface area contributed by atoms with Gasteiger partial charge < -0.3 is 9.47 Å². The number of rotatable bonds is 4. The molecule has 1 rings (SSSR count). The van der Waals surface area contributed by atoms with E-state index in [1.807, 2.05) is 0 Å². The van der Waals surface area contributed by atoms with Crippen LogP contribution in [0.15, 0.2) is 0 Å². The monoisotopic (exact) mass is 172 g/mol. The molecule has 0 aromatic rings. The fourth-order valence-electron chi connectivity index (χ4n) is 1.54. The van der Waals surface area contributed by atoms with Gasteiger partial charge >= 0.3 is 0 Å². The molecule has 0 spiro atoms. The van der Waals surface area contributed by atoms with E-state index >= 15 is 0 Å². The van der Waals surface area contributed by atoms with E-state index in [2.05, 4.69) is 20.8 Å².